The topological polar surface area (TPSA) is 80.3 Å². The smallest absolute Gasteiger partial charge is 0.343 e. The van der Waals surface area contributed by atoms with Gasteiger partial charge in [0.2, 0.25) is 0 Å². The summed E-state index contributed by atoms with van der Waals surface area (Å²) in [6, 6.07) is 5.78. The Balaban J connectivity index is 1.92. The van der Waals surface area contributed by atoms with Gasteiger partial charge in [0.15, 0.2) is 6.10 Å². The number of nitrogens with zero attached hydrogens (tertiary/aromatic N) is 1. The molecule has 1 aromatic carbocycles. The maximum atomic E-state index is 12.8. The lowest BCUT2D eigenvalue weighted by molar-refractivity contribution is -0.129. The molecule has 1 heterocycles. The van der Waals surface area contributed by atoms with Crippen LogP contribution in [0.1, 0.15) is 28.5 Å². The average Bonchev–Trinajstić information content (AvgIpc) is 2.94. The lowest BCUT2D eigenvalue weighted by atomic mass is 10.2. The normalized spacial score (nSPS) is 11.7. The van der Waals surface area contributed by atoms with Crippen molar-refractivity contribution < 1.29 is 18.7 Å². The van der Waals surface area contributed by atoms with E-state index in [1.165, 1.54) is 19.1 Å². The van der Waals surface area contributed by atoms with E-state index >= 15 is 0 Å². The number of carbonyl (C=O) groups excluding carboxylic acids is 2. The van der Waals surface area contributed by atoms with Gasteiger partial charge < -0.3 is 15.4 Å². The molecule has 2 aromatic rings. The first kappa shape index (κ1) is 17.9. The monoisotopic (exact) mass is 351 g/mol. The molecule has 0 radical (unpaired) electrons. The van der Waals surface area contributed by atoms with E-state index in [9.17, 15) is 14.0 Å². The third kappa shape index (κ3) is 4.29. The third-order valence-electron chi connectivity index (χ3n) is 3.33. The molecular weight excluding hydrogens is 333 g/mol. The highest BCUT2D eigenvalue weighted by Crippen LogP contribution is 2.25. The number of anilines is 1. The quantitative estimate of drug-likeness (QED) is 0.782. The van der Waals surface area contributed by atoms with Crippen LogP contribution in [-0.2, 0) is 16.1 Å². The minimum atomic E-state index is -0.957. The molecule has 0 spiro atoms. The van der Waals surface area contributed by atoms with Gasteiger partial charge in [-0.15, -0.1) is 0 Å². The second-order valence-electron chi connectivity index (χ2n) is 5.11. The van der Waals surface area contributed by atoms with E-state index < -0.39 is 18.0 Å². The molecule has 8 heteroatoms. The van der Waals surface area contributed by atoms with Gasteiger partial charge in [-0.3, -0.25) is 4.79 Å². The number of rotatable bonds is 6. The maximum Gasteiger partial charge on any atom is 0.343 e. The third-order valence-corrected chi connectivity index (χ3v) is 4.28. The largest absolute Gasteiger partial charge is 0.449 e. The first-order valence-corrected chi connectivity index (χ1v) is 8.07. The Morgan fingerprint density at radius 3 is 2.62 bits per heavy atom. The molecule has 0 aliphatic rings. The number of nitrogens with one attached hydrogen (secondary N) is 2. The van der Waals surface area contributed by atoms with Crippen molar-refractivity contribution in [1.29, 1.82) is 0 Å². The Hall–Kier alpha value is -2.48. The summed E-state index contributed by atoms with van der Waals surface area (Å²) in [7, 11) is 1.68. The number of hydrogen-bond acceptors (Lipinski definition) is 6. The molecule has 0 saturated carbocycles. The fraction of sp³-hybridized carbons (Fsp3) is 0.312. The predicted octanol–water partition coefficient (Wildman–Crippen LogP) is 2.49. The number of ether oxygens (including phenoxy) is 1. The average molecular weight is 351 g/mol. The molecule has 0 saturated heterocycles. The molecule has 1 amide bonds. The van der Waals surface area contributed by atoms with Crippen LogP contribution in [0.5, 0.6) is 0 Å². The highest BCUT2D eigenvalue weighted by atomic mass is 32.1. The van der Waals surface area contributed by atoms with Crippen LogP contribution in [0.25, 0.3) is 0 Å². The SMILES string of the molecule is CNc1snc(C)c1C(=O)OC(C)C(=O)NCc1ccc(F)cc1. The highest BCUT2D eigenvalue weighted by Gasteiger charge is 2.24. The lowest BCUT2D eigenvalue weighted by Crippen LogP contribution is -2.35. The molecule has 6 nitrogen and oxygen atoms in total. The molecule has 1 atom stereocenters. The van der Waals surface area contributed by atoms with E-state index in [4.69, 9.17) is 4.74 Å². The number of benzene rings is 1. The van der Waals surface area contributed by atoms with Crippen molar-refractivity contribution in [2.45, 2.75) is 26.5 Å². The highest BCUT2D eigenvalue weighted by molar-refractivity contribution is 7.10. The number of esters is 1. The van der Waals surface area contributed by atoms with Crippen LogP contribution in [0.2, 0.25) is 0 Å². The summed E-state index contributed by atoms with van der Waals surface area (Å²) < 4.78 is 22.1. The van der Waals surface area contributed by atoms with Gasteiger partial charge in [-0.2, -0.15) is 4.37 Å². The van der Waals surface area contributed by atoms with Gasteiger partial charge in [-0.1, -0.05) is 12.1 Å². The van der Waals surface area contributed by atoms with Crippen LogP contribution < -0.4 is 10.6 Å². The van der Waals surface area contributed by atoms with Crippen molar-refractivity contribution in [3.63, 3.8) is 0 Å². The van der Waals surface area contributed by atoms with E-state index in [0.717, 1.165) is 17.1 Å². The first-order chi connectivity index (χ1) is 11.4. The molecule has 1 unspecified atom stereocenters. The van der Waals surface area contributed by atoms with Gasteiger partial charge in [0.1, 0.15) is 16.4 Å². The zero-order valence-electron chi connectivity index (χ0n) is 13.6. The van der Waals surface area contributed by atoms with Crippen molar-refractivity contribution in [1.82, 2.24) is 9.69 Å². The molecule has 2 rings (SSSR count). The molecule has 24 heavy (non-hydrogen) atoms. The number of amides is 1. The van der Waals surface area contributed by atoms with E-state index in [-0.39, 0.29) is 12.4 Å². The second kappa shape index (κ2) is 7.87. The van der Waals surface area contributed by atoms with Gasteiger partial charge in [0.05, 0.1) is 5.69 Å². The van der Waals surface area contributed by atoms with Crippen molar-refractivity contribution in [2.75, 3.05) is 12.4 Å². The molecule has 2 N–H and O–H groups in total. The Bertz CT molecular complexity index is 731. The van der Waals surface area contributed by atoms with Crippen LogP contribution >= 0.6 is 11.5 Å². The molecule has 0 bridgehead atoms. The predicted molar refractivity (Wildman–Crippen MR) is 89.5 cm³/mol. The van der Waals surface area contributed by atoms with Crippen molar-refractivity contribution >= 4 is 28.4 Å². The van der Waals surface area contributed by atoms with Gasteiger partial charge in [-0.05, 0) is 43.1 Å². The molecule has 0 aliphatic heterocycles. The summed E-state index contributed by atoms with van der Waals surface area (Å²) in [6.07, 6.45) is -0.957. The molecular formula is C16H18FN3O3S. The summed E-state index contributed by atoms with van der Waals surface area (Å²) in [4.78, 5) is 24.3. The molecule has 0 aliphatic carbocycles. The van der Waals surface area contributed by atoms with Gasteiger partial charge >= 0.3 is 5.97 Å². The number of halogens is 1. The van der Waals surface area contributed by atoms with Gasteiger partial charge in [0.25, 0.3) is 5.91 Å². The van der Waals surface area contributed by atoms with E-state index in [1.54, 1.807) is 26.1 Å². The number of aryl methyl sites for hydroxylation is 1. The Morgan fingerprint density at radius 2 is 2.00 bits per heavy atom. The number of carbonyl (C=O) groups is 2. The van der Waals surface area contributed by atoms with Crippen molar-refractivity contribution in [2.24, 2.45) is 0 Å². The van der Waals surface area contributed by atoms with Gasteiger partial charge in [-0.25, -0.2) is 9.18 Å². The maximum absolute atomic E-state index is 12.8. The summed E-state index contributed by atoms with van der Waals surface area (Å²) in [5.74, 6) is -1.37. The summed E-state index contributed by atoms with van der Waals surface area (Å²) in [5.41, 5.74) is 1.63. The van der Waals surface area contributed by atoms with Gasteiger partial charge in [0, 0.05) is 13.6 Å². The first-order valence-electron chi connectivity index (χ1n) is 7.29. The van der Waals surface area contributed by atoms with Crippen LogP contribution in [0.15, 0.2) is 24.3 Å². The summed E-state index contributed by atoms with van der Waals surface area (Å²) in [6.45, 7) is 3.42. The standard InChI is InChI=1S/C16H18FN3O3S/c1-9-13(15(18-3)24-20-9)16(22)23-10(2)14(21)19-8-11-4-6-12(17)7-5-11/h4-7,10,18H,8H2,1-3H3,(H,19,21). The lowest BCUT2D eigenvalue weighted by Gasteiger charge is -2.14. The van der Waals surface area contributed by atoms with Crippen LogP contribution in [-0.4, -0.2) is 29.4 Å². The van der Waals surface area contributed by atoms with Crippen LogP contribution in [0.3, 0.4) is 0 Å². The van der Waals surface area contributed by atoms with E-state index in [0.29, 0.717) is 16.3 Å². The zero-order chi connectivity index (χ0) is 17.7. The minimum absolute atomic E-state index is 0.224. The van der Waals surface area contributed by atoms with E-state index in [1.807, 2.05) is 0 Å². The number of aromatic nitrogens is 1. The van der Waals surface area contributed by atoms with Crippen molar-refractivity contribution in [3.05, 3.63) is 46.9 Å². The Morgan fingerprint density at radius 1 is 1.33 bits per heavy atom. The fourth-order valence-corrected chi connectivity index (χ4v) is 2.72. The summed E-state index contributed by atoms with van der Waals surface area (Å²) in [5, 5.41) is 6.11. The van der Waals surface area contributed by atoms with Crippen molar-refractivity contribution in [3.8, 4) is 0 Å². The number of hydrogen-bond donors (Lipinski definition) is 2. The zero-order valence-corrected chi connectivity index (χ0v) is 14.4. The molecule has 1 aromatic heterocycles. The second-order valence-corrected chi connectivity index (χ2v) is 5.89. The summed E-state index contributed by atoms with van der Waals surface area (Å²) >= 11 is 1.16. The van der Waals surface area contributed by atoms with E-state index in [2.05, 4.69) is 15.0 Å². The van der Waals surface area contributed by atoms with Crippen LogP contribution in [0, 0.1) is 12.7 Å². The Kier molecular flexibility index (Phi) is 5.86. The fourth-order valence-electron chi connectivity index (χ4n) is 1.99. The minimum Gasteiger partial charge on any atom is -0.449 e. The molecule has 0 fully saturated rings. The molecule has 128 valence electrons. The Labute approximate surface area is 143 Å². The van der Waals surface area contributed by atoms with Crippen LogP contribution in [0.4, 0.5) is 9.39 Å².